The van der Waals surface area contributed by atoms with Gasteiger partial charge in [-0.2, -0.15) is 0 Å². The van der Waals surface area contributed by atoms with Crippen molar-refractivity contribution in [2.45, 2.75) is 18.8 Å². The largest absolute Gasteiger partial charge is 0.373 e. The van der Waals surface area contributed by atoms with Gasteiger partial charge in [-0.25, -0.2) is 17.7 Å². The SMILES string of the molecule is CNc1cc(C2CCCN(C(=O)C3CN(S(C)(=O)=O)C3)C2)ccn1. The molecule has 1 N–H and O–H groups in total. The van der Waals surface area contributed by atoms with Gasteiger partial charge in [0.25, 0.3) is 0 Å². The number of hydrogen-bond acceptors (Lipinski definition) is 5. The molecule has 132 valence electrons. The quantitative estimate of drug-likeness (QED) is 0.863. The average Bonchev–Trinajstić information content (AvgIpc) is 2.52. The van der Waals surface area contributed by atoms with Crippen LogP contribution in [-0.4, -0.2) is 68.0 Å². The van der Waals surface area contributed by atoms with Crippen LogP contribution < -0.4 is 5.32 Å². The van der Waals surface area contributed by atoms with Gasteiger partial charge in [-0.3, -0.25) is 4.79 Å². The molecule has 1 amide bonds. The molecule has 0 bridgehead atoms. The number of carbonyl (C=O) groups excluding carboxylic acids is 1. The molecule has 3 rings (SSSR count). The van der Waals surface area contributed by atoms with Crippen LogP contribution in [-0.2, 0) is 14.8 Å². The highest BCUT2D eigenvalue weighted by molar-refractivity contribution is 7.88. The standard InChI is InChI=1S/C16H24N4O3S/c1-17-15-8-12(5-6-18-15)13-4-3-7-19(9-13)16(21)14-10-20(11-14)24(2,22)23/h5-6,8,13-14H,3-4,7,9-11H2,1-2H3,(H,17,18). The maximum Gasteiger partial charge on any atom is 0.228 e. The van der Waals surface area contributed by atoms with E-state index in [0.717, 1.165) is 25.2 Å². The third-order valence-corrected chi connectivity index (χ3v) is 6.15. The summed E-state index contributed by atoms with van der Waals surface area (Å²) in [6, 6.07) is 4.04. The minimum Gasteiger partial charge on any atom is -0.373 e. The molecular formula is C16H24N4O3S. The zero-order chi connectivity index (χ0) is 17.3. The second-order valence-corrected chi connectivity index (χ2v) is 8.61. The highest BCUT2D eigenvalue weighted by Crippen LogP contribution is 2.30. The number of rotatable bonds is 4. The van der Waals surface area contributed by atoms with E-state index in [-0.39, 0.29) is 11.8 Å². The van der Waals surface area contributed by atoms with E-state index in [1.807, 2.05) is 24.1 Å². The predicted octanol–water partition coefficient (Wildman–Crippen LogP) is 0.721. The lowest BCUT2D eigenvalue weighted by Gasteiger charge is -2.41. The van der Waals surface area contributed by atoms with Crippen molar-refractivity contribution in [2.24, 2.45) is 5.92 Å². The number of amides is 1. The predicted molar refractivity (Wildman–Crippen MR) is 92.2 cm³/mol. The van der Waals surface area contributed by atoms with E-state index in [1.165, 1.54) is 16.1 Å². The second kappa shape index (κ2) is 6.68. The van der Waals surface area contributed by atoms with Gasteiger partial charge >= 0.3 is 0 Å². The summed E-state index contributed by atoms with van der Waals surface area (Å²) in [7, 11) is -1.34. The molecule has 0 aliphatic carbocycles. The number of sulfonamides is 1. The Morgan fingerprint density at radius 1 is 1.33 bits per heavy atom. The molecule has 0 spiro atoms. The first kappa shape index (κ1) is 17.2. The van der Waals surface area contributed by atoms with Crippen molar-refractivity contribution in [1.82, 2.24) is 14.2 Å². The lowest BCUT2D eigenvalue weighted by molar-refractivity contribution is -0.140. The lowest BCUT2D eigenvalue weighted by Crippen LogP contribution is -2.57. The summed E-state index contributed by atoms with van der Waals surface area (Å²) in [5.41, 5.74) is 1.19. The highest BCUT2D eigenvalue weighted by atomic mass is 32.2. The van der Waals surface area contributed by atoms with E-state index >= 15 is 0 Å². The molecule has 7 nitrogen and oxygen atoms in total. The minimum atomic E-state index is -3.18. The molecule has 8 heteroatoms. The summed E-state index contributed by atoms with van der Waals surface area (Å²) in [6.45, 7) is 2.09. The monoisotopic (exact) mass is 352 g/mol. The van der Waals surface area contributed by atoms with Gasteiger partial charge in [-0.1, -0.05) is 0 Å². The molecule has 3 heterocycles. The summed E-state index contributed by atoms with van der Waals surface area (Å²) in [4.78, 5) is 18.8. The van der Waals surface area contributed by atoms with E-state index < -0.39 is 10.0 Å². The van der Waals surface area contributed by atoms with Gasteiger partial charge in [0.05, 0.1) is 12.2 Å². The van der Waals surface area contributed by atoms with Crippen LogP contribution in [0.15, 0.2) is 18.3 Å². The first-order valence-electron chi connectivity index (χ1n) is 8.26. The van der Waals surface area contributed by atoms with E-state index in [1.54, 1.807) is 6.20 Å². The summed E-state index contributed by atoms with van der Waals surface area (Å²) in [6.07, 6.45) is 5.00. The Kier molecular flexibility index (Phi) is 4.78. The van der Waals surface area contributed by atoms with Crippen molar-refractivity contribution in [3.05, 3.63) is 23.9 Å². The normalized spacial score (nSPS) is 22.9. The van der Waals surface area contributed by atoms with Crippen molar-refractivity contribution in [3.8, 4) is 0 Å². The topological polar surface area (TPSA) is 82.6 Å². The first-order chi connectivity index (χ1) is 11.4. The average molecular weight is 352 g/mol. The molecule has 0 aromatic carbocycles. The van der Waals surface area contributed by atoms with Gasteiger partial charge in [0, 0.05) is 45.3 Å². The first-order valence-corrected chi connectivity index (χ1v) is 10.1. The number of likely N-dealkylation sites (tertiary alicyclic amines) is 1. The molecule has 2 aliphatic rings. The summed E-state index contributed by atoms with van der Waals surface area (Å²) >= 11 is 0. The van der Waals surface area contributed by atoms with Crippen LogP contribution in [0.3, 0.4) is 0 Å². The number of pyridine rings is 1. The minimum absolute atomic E-state index is 0.0856. The number of nitrogens with zero attached hydrogens (tertiary/aromatic N) is 3. The van der Waals surface area contributed by atoms with E-state index in [4.69, 9.17) is 0 Å². The Morgan fingerprint density at radius 2 is 2.08 bits per heavy atom. The van der Waals surface area contributed by atoms with Gasteiger partial charge < -0.3 is 10.2 Å². The molecular weight excluding hydrogens is 328 g/mol. The summed E-state index contributed by atoms with van der Waals surface area (Å²) < 4.78 is 24.2. The van der Waals surface area contributed by atoms with Crippen LogP contribution >= 0.6 is 0 Å². The van der Waals surface area contributed by atoms with Gasteiger partial charge in [0.1, 0.15) is 5.82 Å². The number of piperidine rings is 1. The van der Waals surface area contributed by atoms with E-state index in [0.29, 0.717) is 25.6 Å². The third-order valence-electron chi connectivity index (χ3n) is 4.91. The second-order valence-electron chi connectivity index (χ2n) is 6.62. The molecule has 2 aliphatic heterocycles. The molecule has 1 aromatic rings. The Hall–Kier alpha value is -1.67. The lowest BCUT2D eigenvalue weighted by atomic mass is 9.90. The Morgan fingerprint density at radius 3 is 2.75 bits per heavy atom. The zero-order valence-corrected chi connectivity index (χ0v) is 14.9. The van der Waals surface area contributed by atoms with Crippen LogP contribution in [0.4, 0.5) is 5.82 Å². The Labute approximate surface area is 143 Å². The fraction of sp³-hybridized carbons (Fsp3) is 0.625. The highest BCUT2D eigenvalue weighted by Gasteiger charge is 2.40. The number of aromatic nitrogens is 1. The van der Waals surface area contributed by atoms with Crippen molar-refractivity contribution >= 4 is 21.7 Å². The Balaban J connectivity index is 1.62. The molecule has 1 atom stereocenters. The Bertz CT molecular complexity index is 716. The molecule has 2 saturated heterocycles. The number of nitrogens with one attached hydrogen (secondary N) is 1. The maximum absolute atomic E-state index is 12.6. The molecule has 0 radical (unpaired) electrons. The van der Waals surface area contributed by atoms with Crippen LogP contribution in [0.1, 0.15) is 24.3 Å². The van der Waals surface area contributed by atoms with Gasteiger partial charge in [-0.05, 0) is 30.5 Å². The number of anilines is 1. The van der Waals surface area contributed by atoms with E-state index in [2.05, 4.69) is 10.3 Å². The van der Waals surface area contributed by atoms with Crippen LogP contribution in [0.5, 0.6) is 0 Å². The molecule has 0 saturated carbocycles. The summed E-state index contributed by atoms with van der Waals surface area (Å²) in [5.74, 6) is 1.04. The van der Waals surface area contributed by atoms with Crippen LogP contribution in [0.25, 0.3) is 0 Å². The fourth-order valence-corrected chi connectivity index (χ4v) is 4.31. The van der Waals surface area contributed by atoms with Crippen molar-refractivity contribution < 1.29 is 13.2 Å². The fourth-order valence-electron chi connectivity index (χ4n) is 3.41. The molecule has 2 fully saturated rings. The zero-order valence-electron chi connectivity index (χ0n) is 14.1. The molecule has 24 heavy (non-hydrogen) atoms. The van der Waals surface area contributed by atoms with Gasteiger partial charge in [0.15, 0.2) is 0 Å². The number of carbonyl (C=O) groups is 1. The number of hydrogen-bond donors (Lipinski definition) is 1. The third kappa shape index (κ3) is 3.54. The smallest absolute Gasteiger partial charge is 0.228 e. The van der Waals surface area contributed by atoms with E-state index in [9.17, 15) is 13.2 Å². The van der Waals surface area contributed by atoms with Gasteiger partial charge in [-0.15, -0.1) is 0 Å². The maximum atomic E-state index is 12.6. The molecule has 1 aromatic heterocycles. The molecule has 1 unspecified atom stereocenters. The summed E-state index contributed by atoms with van der Waals surface area (Å²) in [5, 5.41) is 3.04. The van der Waals surface area contributed by atoms with Crippen molar-refractivity contribution in [2.75, 3.05) is 44.8 Å². The van der Waals surface area contributed by atoms with Crippen molar-refractivity contribution in [1.29, 1.82) is 0 Å². The van der Waals surface area contributed by atoms with Gasteiger partial charge in [0.2, 0.25) is 15.9 Å². The van der Waals surface area contributed by atoms with Crippen LogP contribution in [0.2, 0.25) is 0 Å². The van der Waals surface area contributed by atoms with Crippen molar-refractivity contribution in [3.63, 3.8) is 0 Å². The van der Waals surface area contributed by atoms with Crippen LogP contribution in [0, 0.1) is 5.92 Å².